The lowest BCUT2D eigenvalue weighted by Crippen LogP contribution is -2.12. The van der Waals surface area contributed by atoms with Gasteiger partial charge >= 0.3 is 5.76 Å². The van der Waals surface area contributed by atoms with Crippen LogP contribution < -0.4 is 4.74 Å². The Kier molecular flexibility index (Phi) is 4.80. The first-order valence-electron chi connectivity index (χ1n) is 6.81. The Balaban J connectivity index is 2.17. The third kappa shape index (κ3) is 3.21. The van der Waals surface area contributed by atoms with Crippen molar-refractivity contribution in [3.63, 3.8) is 0 Å². The topological polar surface area (TPSA) is 95.8 Å². The largest absolute Gasteiger partial charge is 0.456 e. The highest BCUT2D eigenvalue weighted by atomic mass is 127. The van der Waals surface area contributed by atoms with Crippen molar-refractivity contribution in [2.45, 2.75) is 10.7 Å². The van der Waals surface area contributed by atoms with Crippen LogP contribution in [0.4, 0.5) is 13.2 Å². The van der Waals surface area contributed by atoms with Crippen molar-refractivity contribution < 1.29 is 26.3 Å². The maximum Gasteiger partial charge on any atom is 0.341 e. The van der Waals surface area contributed by atoms with Crippen molar-refractivity contribution in [3.8, 4) is 17.6 Å². The Labute approximate surface area is 158 Å². The number of nitrogens with one attached hydrogen (secondary N) is 1. The average molecular weight is 493 g/mol. The molecule has 0 saturated carbocycles. The average Bonchev–Trinajstić information content (AvgIpc) is 2.96. The Bertz CT molecular complexity index is 1160. The van der Waals surface area contributed by atoms with Crippen molar-refractivity contribution in [2.24, 2.45) is 0 Å². The highest BCUT2D eigenvalue weighted by Crippen LogP contribution is 2.37. The van der Waals surface area contributed by atoms with E-state index in [2.05, 4.69) is 10.2 Å². The third-order valence-electron chi connectivity index (χ3n) is 3.37. The smallest absolute Gasteiger partial charge is 0.341 e. The Hall–Kier alpha value is -2.33. The number of H-pyrrole nitrogens is 1. The van der Waals surface area contributed by atoms with Gasteiger partial charge in [0.25, 0.3) is 0 Å². The van der Waals surface area contributed by atoms with Crippen molar-refractivity contribution in [1.29, 1.82) is 5.26 Å². The van der Waals surface area contributed by atoms with E-state index < -0.39 is 26.3 Å². The standard InChI is InChI=1S/C15H7F3IN3O3S/c16-8-3-7(6-20)4-9(5-8)25-10-1-2-11(26(23,24)15(17)18)13-12(10)14(19)22-21-13/h1-5,15H,(H,21,22). The van der Waals surface area contributed by atoms with Gasteiger partial charge in [0.2, 0.25) is 9.84 Å². The van der Waals surface area contributed by atoms with Gasteiger partial charge in [0.05, 0.1) is 27.4 Å². The number of nitrogens with zero attached hydrogens (tertiary/aromatic N) is 2. The second-order valence-corrected chi connectivity index (χ2v) is 7.93. The minimum absolute atomic E-state index is 0.00989. The molecule has 3 rings (SSSR count). The van der Waals surface area contributed by atoms with Gasteiger partial charge in [-0.1, -0.05) is 0 Å². The van der Waals surface area contributed by atoms with Crippen LogP contribution in [0.15, 0.2) is 35.2 Å². The quantitative estimate of drug-likeness (QED) is 0.556. The van der Waals surface area contributed by atoms with E-state index >= 15 is 0 Å². The molecule has 2 aromatic carbocycles. The van der Waals surface area contributed by atoms with Crippen LogP contribution in [0, 0.1) is 20.8 Å². The van der Waals surface area contributed by atoms with Crippen LogP contribution in [0.25, 0.3) is 10.9 Å². The molecule has 0 saturated heterocycles. The molecule has 0 aliphatic rings. The maximum atomic E-state index is 13.5. The number of rotatable bonds is 4. The van der Waals surface area contributed by atoms with Crippen molar-refractivity contribution in [1.82, 2.24) is 10.2 Å². The number of nitriles is 1. The SMILES string of the molecule is N#Cc1cc(F)cc(Oc2ccc(S(=O)(=O)C(F)F)c3[nH]nc(I)c23)c1. The summed E-state index contributed by atoms with van der Waals surface area (Å²) < 4.78 is 68.8. The number of aromatic nitrogens is 2. The van der Waals surface area contributed by atoms with E-state index in [0.29, 0.717) is 0 Å². The molecule has 0 atom stereocenters. The van der Waals surface area contributed by atoms with Gasteiger partial charge in [-0.25, -0.2) is 12.8 Å². The van der Waals surface area contributed by atoms with Gasteiger partial charge in [-0.3, -0.25) is 5.10 Å². The number of ether oxygens (including phenoxy) is 1. The molecule has 134 valence electrons. The number of hydrogen-bond donors (Lipinski definition) is 1. The van der Waals surface area contributed by atoms with Crippen molar-refractivity contribution in [2.75, 3.05) is 0 Å². The number of sulfone groups is 1. The second kappa shape index (κ2) is 6.76. The lowest BCUT2D eigenvalue weighted by Gasteiger charge is -2.10. The molecule has 1 N–H and O–H groups in total. The third-order valence-corrected chi connectivity index (χ3v) is 5.57. The van der Waals surface area contributed by atoms with Crippen LogP contribution >= 0.6 is 22.6 Å². The molecule has 0 radical (unpaired) electrons. The lowest BCUT2D eigenvalue weighted by atomic mass is 10.2. The van der Waals surface area contributed by atoms with Crippen LogP contribution in [0.2, 0.25) is 0 Å². The van der Waals surface area contributed by atoms with Crippen LogP contribution in [0.5, 0.6) is 11.5 Å². The van der Waals surface area contributed by atoms with E-state index in [0.717, 1.165) is 18.2 Å². The Morgan fingerprint density at radius 1 is 1.27 bits per heavy atom. The Morgan fingerprint density at radius 3 is 2.65 bits per heavy atom. The molecule has 11 heteroatoms. The summed E-state index contributed by atoms with van der Waals surface area (Å²) in [5, 5.41) is 15.3. The molecule has 0 spiro atoms. The molecule has 3 aromatic rings. The summed E-state index contributed by atoms with van der Waals surface area (Å²) in [6.07, 6.45) is 0. The first kappa shape index (κ1) is 18.5. The fraction of sp³-hybridized carbons (Fsp3) is 0.0667. The minimum atomic E-state index is -4.86. The van der Waals surface area contributed by atoms with Gasteiger partial charge in [-0.15, -0.1) is 0 Å². The molecular formula is C15H7F3IN3O3S. The number of halogens is 4. The summed E-state index contributed by atoms with van der Waals surface area (Å²) in [6, 6.07) is 7.24. The van der Waals surface area contributed by atoms with Gasteiger partial charge in [0, 0.05) is 6.07 Å². The number of hydrogen-bond acceptors (Lipinski definition) is 5. The molecule has 0 bridgehead atoms. The normalized spacial score (nSPS) is 11.7. The Morgan fingerprint density at radius 2 is 2.00 bits per heavy atom. The molecule has 6 nitrogen and oxygen atoms in total. The highest BCUT2D eigenvalue weighted by molar-refractivity contribution is 14.1. The summed E-state index contributed by atoms with van der Waals surface area (Å²) in [5.74, 6) is -4.24. The molecule has 0 fully saturated rings. The van der Waals surface area contributed by atoms with Crippen molar-refractivity contribution >= 4 is 43.3 Å². The molecule has 0 amide bonds. The van der Waals surface area contributed by atoms with E-state index in [9.17, 15) is 21.6 Å². The maximum absolute atomic E-state index is 13.5. The summed E-state index contributed by atoms with van der Waals surface area (Å²) in [4.78, 5) is -0.623. The minimum Gasteiger partial charge on any atom is -0.456 e. The van der Waals surface area contributed by atoms with Gasteiger partial charge in [0.15, 0.2) is 0 Å². The highest BCUT2D eigenvalue weighted by Gasteiger charge is 2.30. The van der Waals surface area contributed by atoms with Gasteiger partial charge in [-0.05, 0) is 46.9 Å². The second-order valence-electron chi connectivity index (χ2n) is 5.02. The zero-order valence-corrected chi connectivity index (χ0v) is 15.5. The summed E-state index contributed by atoms with van der Waals surface area (Å²) in [5.41, 5.74) is -0.126. The summed E-state index contributed by atoms with van der Waals surface area (Å²) in [7, 11) is -4.86. The lowest BCUT2D eigenvalue weighted by molar-refractivity contribution is 0.235. The van der Waals surface area contributed by atoms with E-state index in [-0.39, 0.29) is 31.7 Å². The van der Waals surface area contributed by atoms with Crippen LogP contribution in [-0.2, 0) is 9.84 Å². The predicted octanol–water partition coefficient (Wildman–Crippen LogP) is 3.97. The van der Waals surface area contributed by atoms with Crippen LogP contribution in [0.3, 0.4) is 0 Å². The molecular weight excluding hydrogens is 486 g/mol. The first-order valence-corrected chi connectivity index (χ1v) is 9.43. The first-order chi connectivity index (χ1) is 12.2. The van der Waals surface area contributed by atoms with E-state index in [4.69, 9.17) is 10.00 Å². The molecule has 1 aromatic heterocycles. The van der Waals surface area contributed by atoms with Gasteiger partial charge in [-0.2, -0.15) is 19.1 Å². The molecule has 0 aliphatic heterocycles. The molecule has 0 unspecified atom stereocenters. The van der Waals surface area contributed by atoms with Crippen LogP contribution in [-0.4, -0.2) is 24.4 Å². The zero-order valence-electron chi connectivity index (χ0n) is 12.5. The van der Waals surface area contributed by atoms with Crippen molar-refractivity contribution in [3.05, 3.63) is 45.4 Å². The van der Waals surface area contributed by atoms with Gasteiger partial charge < -0.3 is 4.74 Å². The van der Waals surface area contributed by atoms with E-state index in [1.807, 2.05) is 0 Å². The summed E-state index contributed by atoms with van der Waals surface area (Å²) >= 11 is 1.77. The number of benzene rings is 2. The van der Waals surface area contributed by atoms with E-state index in [1.54, 1.807) is 28.7 Å². The zero-order chi connectivity index (χ0) is 19.1. The predicted molar refractivity (Wildman–Crippen MR) is 93.2 cm³/mol. The number of aromatic amines is 1. The fourth-order valence-corrected chi connectivity index (χ4v) is 3.81. The number of alkyl halides is 2. The molecule has 1 heterocycles. The van der Waals surface area contributed by atoms with E-state index in [1.165, 1.54) is 12.1 Å². The number of fused-ring (bicyclic) bond motifs is 1. The monoisotopic (exact) mass is 493 g/mol. The summed E-state index contributed by atoms with van der Waals surface area (Å²) in [6.45, 7) is 0. The molecule has 26 heavy (non-hydrogen) atoms. The van der Waals surface area contributed by atoms with Crippen LogP contribution in [0.1, 0.15) is 5.56 Å². The fourth-order valence-electron chi connectivity index (χ4n) is 2.27. The van der Waals surface area contributed by atoms with Gasteiger partial charge in [0.1, 0.15) is 21.0 Å². The molecule has 0 aliphatic carbocycles.